The van der Waals surface area contributed by atoms with Gasteiger partial charge in [-0.1, -0.05) is 90.2 Å². The summed E-state index contributed by atoms with van der Waals surface area (Å²) in [5.41, 5.74) is 3.44. The SMILES string of the molecule is CCCCCc1ccc(-c2ccc(CCC3CCC(CCCCC)CC3)c(F)c2)nn1. The molecule has 170 valence electrons. The van der Waals surface area contributed by atoms with Gasteiger partial charge in [-0.25, -0.2) is 4.39 Å². The van der Waals surface area contributed by atoms with E-state index in [9.17, 15) is 4.39 Å². The normalized spacial score (nSPS) is 18.9. The summed E-state index contributed by atoms with van der Waals surface area (Å²) in [6.07, 6.45) is 17.4. The Morgan fingerprint density at radius 2 is 1.48 bits per heavy atom. The van der Waals surface area contributed by atoms with Gasteiger partial charge in [0, 0.05) is 5.56 Å². The first-order chi connectivity index (χ1) is 15.2. The third-order valence-corrected chi connectivity index (χ3v) is 7.11. The Balaban J connectivity index is 1.46. The molecule has 0 atom stereocenters. The lowest BCUT2D eigenvalue weighted by Gasteiger charge is -2.28. The number of unbranched alkanes of at least 4 members (excludes halogenated alkanes) is 4. The Morgan fingerprint density at radius 1 is 0.774 bits per heavy atom. The zero-order valence-corrected chi connectivity index (χ0v) is 19.7. The molecule has 0 saturated heterocycles. The lowest BCUT2D eigenvalue weighted by molar-refractivity contribution is 0.248. The molecule has 0 radical (unpaired) electrons. The molecular formula is C28H41FN2. The Kier molecular flexibility index (Phi) is 9.96. The minimum absolute atomic E-state index is 0.0976. The van der Waals surface area contributed by atoms with Crippen molar-refractivity contribution >= 4 is 0 Å². The van der Waals surface area contributed by atoms with Crippen LogP contribution in [0.1, 0.15) is 102 Å². The van der Waals surface area contributed by atoms with E-state index < -0.39 is 0 Å². The van der Waals surface area contributed by atoms with Crippen LogP contribution < -0.4 is 0 Å². The highest BCUT2D eigenvalue weighted by atomic mass is 19.1. The summed E-state index contributed by atoms with van der Waals surface area (Å²) in [5, 5.41) is 8.67. The van der Waals surface area contributed by atoms with Gasteiger partial charge < -0.3 is 0 Å². The van der Waals surface area contributed by atoms with Gasteiger partial charge in [0.1, 0.15) is 5.82 Å². The summed E-state index contributed by atoms with van der Waals surface area (Å²) < 4.78 is 14.8. The minimum atomic E-state index is -0.0976. The Bertz CT molecular complexity index is 763. The van der Waals surface area contributed by atoms with Crippen LogP contribution in [0.4, 0.5) is 4.39 Å². The van der Waals surface area contributed by atoms with E-state index in [0.29, 0.717) is 0 Å². The number of aryl methyl sites for hydroxylation is 2. The number of benzene rings is 1. The molecule has 1 aliphatic carbocycles. The van der Waals surface area contributed by atoms with Crippen LogP contribution in [0.2, 0.25) is 0 Å². The second-order valence-corrected chi connectivity index (χ2v) is 9.59. The molecule has 1 aromatic carbocycles. The van der Waals surface area contributed by atoms with Crippen molar-refractivity contribution in [2.45, 2.75) is 104 Å². The maximum Gasteiger partial charge on any atom is 0.127 e. The highest BCUT2D eigenvalue weighted by molar-refractivity contribution is 5.59. The number of halogens is 1. The zero-order valence-electron chi connectivity index (χ0n) is 19.7. The van der Waals surface area contributed by atoms with Gasteiger partial charge in [-0.2, -0.15) is 10.2 Å². The van der Waals surface area contributed by atoms with Gasteiger partial charge in [0.15, 0.2) is 0 Å². The number of rotatable bonds is 12. The third kappa shape index (κ3) is 7.70. The Morgan fingerprint density at radius 3 is 2.13 bits per heavy atom. The lowest BCUT2D eigenvalue weighted by Crippen LogP contribution is -2.15. The van der Waals surface area contributed by atoms with Crippen LogP contribution in [0.15, 0.2) is 30.3 Å². The average molecular weight is 425 g/mol. The summed E-state index contributed by atoms with van der Waals surface area (Å²) in [5.74, 6) is 1.62. The Hall–Kier alpha value is -1.77. The molecule has 1 saturated carbocycles. The van der Waals surface area contributed by atoms with Crippen LogP contribution in [0.5, 0.6) is 0 Å². The zero-order chi connectivity index (χ0) is 21.9. The molecule has 31 heavy (non-hydrogen) atoms. The molecule has 1 aliphatic rings. The van der Waals surface area contributed by atoms with E-state index in [1.54, 1.807) is 6.07 Å². The highest BCUT2D eigenvalue weighted by Crippen LogP contribution is 2.34. The van der Waals surface area contributed by atoms with E-state index in [1.165, 1.54) is 64.2 Å². The molecular weight excluding hydrogens is 383 g/mol. The smallest absolute Gasteiger partial charge is 0.127 e. The van der Waals surface area contributed by atoms with Crippen molar-refractivity contribution in [3.63, 3.8) is 0 Å². The topological polar surface area (TPSA) is 25.8 Å². The van der Waals surface area contributed by atoms with E-state index in [0.717, 1.165) is 60.0 Å². The molecule has 3 heteroatoms. The van der Waals surface area contributed by atoms with Gasteiger partial charge in [-0.05, 0) is 61.3 Å². The quantitative estimate of drug-likeness (QED) is 0.320. The van der Waals surface area contributed by atoms with E-state index in [2.05, 4.69) is 24.0 Å². The molecule has 0 spiro atoms. The van der Waals surface area contributed by atoms with Gasteiger partial charge in [0.2, 0.25) is 0 Å². The van der Waals surface area contributed by atoms with Crippen molar-refractivity contribution in [2.24, 2.45) is 11.8 Å². The van der Waals surface area contributed by atoms with Gasteiger partial charge >= 0.3 is 0 Å². The van der Waals surface area contributed by atoms with Gasteiger partial charge in [0.05, 0.1) is 11.4 Å². The number of nitrogens with zero attached hydrogens (tertiary/aromatic N) is 2. The van der Waals surface area contributed by atoms with Gasteiger partial charge in [0.25, 0.3) is 0 Å². The fraction of sp³-hybridized carbons (Fsp3) is 0.643. The van der Waals surface area contributed by atoms with Crippen LogP contribution in [-0.4, -0.2) is 10.2 Å². The summed E-state index contributed by atoms with van der Waals surface area (Å²) in [7, 11) is 0. The van der Waals surface area contributed by atoms with Gasteiger partial charge in [-0.3, -0.25) is 0 Å². The van der Waals surface area contributed by atoms with Crippen LogP contribution in [0, 0.1) is 17.7 Å². The maximum atomic E-state index is 14.8. The molecule has 0 N–H and O–H groups in total. The summed E-state index contributed by atoms with van der Waals surface area (Å²) in [4.78, 5) is 0. The highest BCUT2D eigenvalue weighted by Gasteiger charge is 2.21. The standard InChI is InChI=1S/C28H41FN2/c1-3-5-7-9-22-11-13-23(14-12-22)15-16-24-17-18-25(21-27(24)29)28-20-19-26(30-31-28)10-8-6-4-2/h17-23H,3-16H2,1-2H3. The van der Waals surface area contributed by atoms with Crippen molar-refractivity contribution in [2.75, 3.05) is 0 Å². The monoisotopic (exact) mass is 424 g/mol. The maximum absolute atomic E-state index is 14.8. The number of aromatic nitrogens is 2. The molecule has 2 nitrogen and oxygen atoms in total. The van der Waals surface area contributed by atoms with Crippen molar-refractivity contribution in [3.8, 4) is 11.3 Å². The van der Waals surface area contributed by atoms with Crippen molar-refractivity contribution < 1.29 is 4.39 Å². The Labute approximate surface area is 189 Å². The number of hydrogen-bond acceptors (Lipinski definition) is 2. The van der Waals surface area contributed by atoms with E-state index in [4.69, 9.17) is 0 Å². The molecule has 1 fully saturated rings. The van der Waals surface area contributed by atoms with E-state index >= 15 is 0 Å². The fourth-order valence-electron chi connectivity index (χ4n) is 4.96. The van der Waals surface area contributed by atoms with Crippen LogP contribution in [0.3, 0.4) is 0 Å². The fourth-order valence-corrected chi connectivity index (χ4v) is 4.96. The average Bonchev–Trinajstić information content (AvgIpc) is 2.80. The summed E-state index contributed by atoms with van der Waals surface area (Å²) >= 11 is 0. The first kappa shape index (κ1) is 23.9. The molecule has 3 rings (SSSR count). The minimum Gasteiger partial charge on any atom is -0.207 e. The van der Waals surface area contributed by atoms with Crippen LogP contribution >= 0.6 is 0 Å². The summed E-state index contributed by atoms with van der Waals surface area (Å²) in [6, 6.07) is 9.60. The lowest BCUT2D eigenvalue weighted by atomic mass is 9.77. The second-order valence-electron chi connectivity index (χ2n) is 9.59. The van der Waals surface area contributed by atoms with E-state index in [-0.39, 0.29) is 5.82 Å². The van der Waals surface area contributed by atoms with Crippen molar-refractivity contribution in [1.82, 2.24) is 10.2 Å². The first-order valence-electron chi connectivity index (χ1n) is 12.8. The molecule has 0 unspecified atom stereocenters. The molecule has 1 aromatic heterocycles. The largest absolute Gasteiger partial charge is 0.207 e. The molecule has 2 aromatic rings. The molecule has 0 bridgehead atoms. The van der Waals surface area contributed by atoms with Crippen LogP contribution in [0.25, 0.3) is 11.3 Å². The van der Waals surface area contributed by atoms with Crippen molar-refractivity contribution in [3.05, 3.63) is 47.4 Å². The first-order valence-corrected chi connectivity index (χ1v) is 12.8. The van der Waals surface area contributed by atoms with Gasteiger partial charge in [-0.15, -0.1) is 0 Å². The van der Waals surface area contributed by atoms with E-state index in [1.807, 2.05) is 24.3 Å². The predicted octanol–water partition coefficient (Wildman–Crippen LogP) is 8.33. The van der Waals surface area contributed by atoms with Crippen molar-refractivity contribution in [1.29, 1.82) is 0 Å². The molecule has 0 amide bonds. The van der Waals surface area contributed by atoms with Crippen LogP contribution in [-0.2, 0) is 12.8 Å². The number of hydrogen-bond donors (Lipinski definition) is 0. The second kappa shape index (κ2) is 12.9. The summed E-state index contributed by atoms with van der Waals surface area (Å²) in [6.45, 7) is 4.48. The third-order valence-electron chi connectivity index (χ3n) is 7.11. The predicted molar refractivity (Wildman–Crippen MR) is 129 cm³/mol. The molecule has 0 aliphatic heterocycles. The molecule has 1 heterocycles.